The van der Waals surface area contributed by atoms with Crippen LogP contribution in [0.5, 0.6) is 0 Å². The molecule has 0 spiro atoms. The number of carbonyl (C=O) groups is 2. The molecule has 1 aromatic carbocycles. The average molecular weight is 417 g/mol. The summed E-state index contributed by atoms with van der Waals surface area (Å²) in [7, 11) is 0. The number of aromatic nitrogens is 2. The number of likely N-dealkylation sites (tertiary alicyclic amines) is 1. The van der Waals surface area contributed by atoms with Crippen molar-refractivity contribution < 1.29 is 14.0 Å². The zero-order chi connectivity index (χ0) is 20.2. The molecule has 2 fully saturated rings. The van der Waals surface area contributed by atoms with Crippen molar-refractivity contribution >= 4 is 28.8 Å². The summed E-state index contributed by atoms with van der Waals surface area (Å²) in [6.07, 6.45) is 7.29. The van der Waals surface area contributed by atoms with Crippen molar-refractivity contribution in [3.05, 3.63) is 40.1 Å². The Bertz CT molecular complexity index is 873. The van der Waals surface area contributed by atoms with Gasteiger partial charge in [-0.2, -0.15) is 0 Å². The van der Waals surface area contributed by atoms with Crippen LogP contribution in [0.2, 0.25) is 0 Å². The van der Waals surface area contributed by atoms with E-state index < -0.39 is 11.7 Å². The minimum Gasteiger partial charge on any atom is -0.342 e. The Morgan fingerprint density at radius 3 is 2.48 bits per heavy atom. The molecule has 1 N–H and O–H groups in total. The minimum absolute atomic E-state index is 0.129. The summed E-state index contributed by atoms with van der Waals surface area (Å²) in [6.45, 7) is 1.46. The zero-order valence-corrected chi connectivity index (χ0v) is 17.1. The lowest BCUT2D eigenvalue weighted by atomic mass is 9.87. The Balaban J connectivity index is 1.33. The normalized spacial score (nSPS) is 18.6. The van der Waals surface area contributed by atoms with Gasteiger partial charge in [0.15, 0.2) is 0 Å². The molecule has 1 aliphatic carbocycles. The fourth-order valence-electron chi connectivity index (χ4n) is 4.18. The maximum atomic E-state index is 13.7. The van der Waals surface area contributed by atoms with E-state index in [0.29, 0.717) is 5.91 Å². The fourth-order valence-corrected chi connectivity index (χ4v) is 5.09. The van der Waals surface area contributed by atoms with Crippen LogP contribution >= 0.6 is 11.3 Å². The molecule has 2 aromatic rings. The van der Waals surface area contributed by atoms with Crippen molar-refractivity contribution in [3.63, 3.8) is 0 Å². The van der Waals surface area contributed by atoms with Crippen molar-refractivity contribution in [1.29, 1.82) is 0 Å². The molecule has 2 amide bonds. The molecule has 0 bridgehead atoms. The third-order valence-corrected chi connectivity index (χ3v) is 6.95. The van der Waals surface area contributed by atoms with Gasteiger partial charge in [0.1, 0.15) is 10.8 Å². The molecule has 1 saturated heterocycles. The van der Waals surface area contributed by atoms with Crippen LogP contribution in [0.4, 0.5) is 10.1 Å². The second-order valence-electron chi connectivity index (χ2n) is 7.81. The Morgan fingerprint density at radius 1 is 1.03 bits per heavy atom. The number of anilines is 1. The smallest absolute Gasteiger partial charge is 0.286 e. The molecule has 1 saturated carbocycles. The van der Waals surface area contributed by atoms with E-state index in [-0.39, 0.29) is 22.5 Å². The van der Waals surface area contributed by atoms with E-state index in [0.717, 1.165) is 56.6 Å². The highest BCUT2D eigenvalue weighted by atomic mass is 32.1. The number of nitrogens with one attached hydrogen (secondary N) is 1. The van der Waals surface area contributed by atoms with E-state index in [4.69, 9.17) is 0 Å². The molecule has 4 rings (SSSR count). The summed E-state index contributed by atoms with van der Waals surface area (Å²) >= 11 is 1.25. The highest BCUT2D eigenvalue weighted by Crippen LogP contribution is 2.32. The van der Waals surface area contributed by atoms with E-state index in [1.165, 1.54) is 29.9 Å². The third kappa shape index (κ3) is 4.63. The van der Waals surface area contributed by atoms with Gasteiger partial charge in [-0.15, -0.1) is 10.2 Å². The van der Waals surface area contributed by atoms with Crippen LogP contribution in [0.3, 0.4) is 0 Å². The summed E-state index contributed by atoms with van der Waals surface area (Å²) in [6, 6.07) is 6.03. The number of hydrogen-bond donors (Lipinski definition) is 1. The summed E-state index contributed by atoms with van der Waals surface area (Å²) in [5.74, 6) is -0.219. The highest BCUT2D eigenvalue weighted by molar-refractivity contribution is 7.13. The number of para-hydroxylation sites is 1. The molecule has 6 nitrogen and oxygen atoms in total. The number of rotatable bonds is 4. The first-order valence-electron chi connectivity index (χ1n) is 10.3. The van der Waals surface area contributed by atoms with Gasteiger partial charge in [-0.25, -0.2) is 4.39 Å². The summed E-state index contributed by atoms with van der Waals surface area (Å²) in [4.78, 5) is 27.1. The van der Waals surface area contributed by atoms with Crippen molar-refractivity contribution in [2.45, 2.75) is 50.9 Å². The van der Waals surface area contributed by atoms with Gasteiger partial charge < -0.3 is 10.2 Å². The second-order valence-corrected chi connectivity index (χ2v) is 8.82. The quantitative estimate of drug-likeness (QED) is 0.810. The van der Waals surface area contributed by atoms with Crippen molar-refractivity contribution in [2.75, 3.05) is 18.4 Å². The van der Waals surface area contributed by atoms with Crippen LogP contribution < -0.4 is 5.32 Å². The van der Waals surface area contributed by atoms with Gasteiger partial charge in [-0.3, -0.25) is 9.59 Å². The third-order valence-electron chi connectivity index (χ3n) is 5.87. The SMILES string of the molecule is O=C(Nc1ccccc1F)c1nnc(C2CCN(C(=O)C3CCCCC3)CC2)s1. The Morgan fingerprint density at radius 2 is 1.76 bits per heavy atom. The molecule has 0 unspecified atom stereocenters. The predicted molar refractivity (Wildman–Crippen MR) is 109 cm³/mol. The predicted octanol–water partition coefficient (Wildman–Crippen LogP) is 4.22. The van der Waals surface area contributed by atoms with Crippen molar-refractivity contribution in [3.8, 4) is 0 Å². The Hall–Kier alpha value is -2.35. The lowest BCUT2D eigenvalue weighted by Crippen LogP contribution is -2.41. The number of nitrogens with zero attached hydrogens (tertiary/aromatic N) is 3. The van der Waals surface area contributed by atoms with Crippen molar-refractivity contribution in [2.24, 2.45) is 5.92 Å². The van der Waals surface area contributed by atoms with Gasteiger partial charge in [0.25, 0.3) is 5.91 Å². The monoisotopic (exact) mass is 416 g/mol. The number of hydrogen-bond acceptors (Lipinski definition) is 5. The second kappa shape index (κ2) is 8.98. The molecule has 1 aromatic heterocycles. The van der Waals surface area contributed by atoms with E-state index in [2.05, 4.69) is 15.5 Å². The maximum Gasteiger partial charge on any atom is 0.286 e. The first-order chi connectivity index (χ1) is 14.1. The lowest BCUT2D eigenvalue weighted by Gasteiger charge is -2.34. The first-order valence-corrected chi connectivity index (χ1v) is 11.1. The standard InChI is InChI=1S/C21H25FN4O2S/c22-16-8-4-5-9-17(16)23-18(27)20-25-24-19(29-20)14-10-12-26(13-11-14)21(28)15-6-2-1-3-7-15/h4-5,8-9,14-15H,1-3,6-7,10-13H2,(H,23,27). The van der Waals surface area contributed by atoms with Crippen LogP contribution in [0.1, 0.15) is 65.7 Å². The summed E-state index contributed by atoms with van der Waals surface area (Å²) in [5.41, 5.74) is 0.129. The Labute approximate surface area is 173 Å². The van der Waals surface area contributed by atoms with Gasteiger partial charge in [0, 0.05) is 24.9 Å². The molecule has 1 aliphatic heterocycles. The number of benzene rings is 1. The van der Waals surface area contributed by atoms with Crippen LogP contribution in [-0.2, 0) is 4.79 Å². The van der Waals surface area contributed by atoms with Crippen LogP contribution in [0, 0.1) is 11.7 Å². The summed E-state index contributed by atoms with van der Waals surface area (Å²) in [5, 5.41) is 11.8. The topological polar surface area (TPSA) is 75.2 Å². The van der Waals surface area contributed by atoms with Gasteiger partial charge in [-0.05, 0) is 37.8 Å². The Kier molecular flexibility index (Phi) is 6.18. The number of halogens is 1. The van der Waals surface area contributed by atoms with E-state index in [9.17, 15) is 14.0 Å². The minimum atomic E-state index is -0.486. The number of piperidine rings is 1. The molecule has 29 heavy (non-hydrogen) atoms. The zero-order valence-electron chi connectivity index (χ0n) is 16.3. The van der Waals surface area contributed by atoms with Gasteiger partial charge in [0.05, 0.1) is 5.69 Å². The molecule has 8 heteroatoms. The van der Waals surface area contributed by atoms with Gasteiger partial charge in [-0.1, -0.05) is 42.7 Å². The first kappa shape index (κ1) is 19.9. The van der Waals surface area contributed by atoms with E-state index >= 15 is 0 Å². The molecule has 2 aliphatic rings. The maximum absolute atomic E-state index is 13.7. The van der Waals surface area contributed by atoms with Crippen LogP contribution in [0.15, 0.2) is 24.3 Å². The number of amides is 2. The van der Waals surface area contributed by atoms with Crippen molar-refractivity contribution in [1.82, 2.24) is 15.1 Å². The fraction of sp³-hybridized carbons (Fsp3) is 0.524. The van der Waals surface area contributed by atoms with E-state index in [1.807, 2.05) is 4.90 Å². The number of carbonyl (C=O) groups excluding carboxylic acids is 2. The highest BCUT2D eigenvalue weighted by Gasteiger charge is 2.31. The van der Waals surface area contributed by atoms with Gasteiger partial charge in [0.2, 0.25) is 10.9 Å². The molecular weight excluding hydrogens is 391 g/mol. The molecule has 0 atom stereocenters. The molecular formula is C21H25FN4O2S. The lowest BCUT2D eigenvalue weighted by molar-refractivity contribution is -0.137. The molecule has 154 valence electrons. The van der Waals surface area contributed by atoms with Crippen LogP contribution in [-0.4, -0.2) is 40.0 Å². The van der Waals surface area contributed by atoms with E-state index in [1.54, 1.807) is 12.1 Å². The van der Waals surface area contributed by atoms with Gasteiger partial charge >= 0.3 is 0 Å². The summed E-state index contributed by atoms with van der Waals surface area (Å²) < 4.78 is 13.7. The average Bonchev–Trinajstić information content (AvgIpc) is 3.26. The molecule has 0 radical (unpaired) electrons. The van der Waals surface area contributed by atoms with Crippen LogP contribution in [0.25, 0.3) is 0 Å². The molecule has 2 heterocycles. The largest absolute Gasteiger partial charge is 0.342 e.